The standard InChI is InChI=1S/C6H10NO4P/c8-5-6(12(9,10)11)7-3-1-2-4-7/h1-4H2,(H2,9,10,11). The molecule has 1 heterocycles. The zero-order valence-electron chi connectivity index (χ0n) is 6.43. The summed E-state index contributed by atoms with van der Waals surface area (Å²) in [6.07, 6.45) is 1.73. The quantitative estimate of drug-likeness (QED) is 0.472. The minimum atomic E-state index is -4.41. The van der Waals surface area contributed by atoms with Crippen molar-refractivity contribution in [2.45, 2.75) is 12.8 Å². The molecule has 1 aliphatic heterocycles. The first kappa shape index (κ1) is 9.49. The van der Waals surface area contributed by atoms with Gasteiger partial charge in [-0.3, -0.25) is 4.57 Å². The first-order chi connectivity index (χ1) is 5.55. The van der Waals surface area contributed by atoms with E-state index in [1.54, 1.807) is 0 Å². The summed E-state index contributed by atoms with van der Waals surface area (Å²) in [6, 6.07) is 0. The Kier molecular flexibility index (Phi) is 2.70. The van der Waals surface area contributed by atoms with Crippen LogP contribution >= 0.6 is 7.60 Å². The van der Waals surface area contributed by atoms with E-state index in [0.717, 1.165) is 12.8 Å². The van der Waals surface area contributed by atoms with Gasteiger partial charge in [0.2, 0.25) is 5.44 Å². The fraction of sp³-hybridized carbons (Fsp3) is 0.667. The molecule has 2 N–H and O–H groups in total. The average Bonchev–Trinajstić information content (AvgIpc) is 2.38. The Morgan fingerprint density at radius 1 is 1.33 bits per heavy atom. The van der Waals surface area contributed by atoms with Crippen LogP contribution in [-0.2, 0) is 9.36 Å². The Balaban J connectivity index is 2.83. The largest absolute Gasteiger partial charge is 0.383 e. The molecule has 0 bridgehead atoms. The molecule has 1 aliphatic rings. The Morgan fingerprint density at radius 2 is 1.83 bits per heavy atom. The van der Waals surface area contributed by atoms with Crippen molar-refractivity contribution >= 4 is 13.5 Å². The lowest BCUT2D eigenvalue weighted by atomic mass is 10.4. The van der Waals surface area contributed by atoms with Gasteiger partial charge in [0.1, 0.15) is 0 Å². The molecular formula is C6H10NO4P. The molecule has 6 heteroatoms. The molecule has 5 nitrogen and oxygen atoms in total. The van der Waals surface area contributed by atoms with Gasteiger partial charge in [-0.2, -0.15) is 0 Å². The Bertz CT molecular complexity index is 259. The van der Waals surface area contributed by atoms with E-state index >= 15 is 0 Å². The third kappa shape index (κ3) is 1.96. The summed E-state index contributed by atoms with van der Waals surface area (Å²) < 4.78 is 10.7. The van der Waals surface area contributed by atoms with Crippen LogP contribution in [0.3, 0.4) is 0 Å². The average molecular weight is 191 g/mol. The molecule has 68 valence electrons. The van der Waals surface area contributed by atoms with Crippen molar-refractivity contribution in [2.24, 2.45) is 0 Å². The van der Waals surface area contributed by atoms with Crippen molar-refractivity contribution in [2.75, 3.05) is 13.1 Å². The van der Waals surface area contributed by atoms with E-state index in [1.807, 2.05) is 0 Å². The van der Waals surface area contributed by atoms with E-state index in [1.165, 1.54) is 10.8 Å². The van der Waals surface area contributed by atoms with Crippen LogP contribution in [0.2, 0.25) is 0 Å². The highest BCUT2D eigenvalue weighted by molar-refractivity contribution is 7.56. The van der Waals surface area contributed by atoms with Crippen LogP contribution in [0, 0.1) is 0 Å². The highest BCUT2D eigenvalue weighted by Gasteiger charge is 2.29. The van der Waals surface area contributed by atoms with Gasteiger partial charge in [0.25, 0.3) is 0 Å². The molecule has 0 spiro atoms. The topological polar surface area (TPSA) is 77.8 Å². The highest BCUT2D eigenvalue weighted by Crippen LogP contribution is 2.45. The molecule has 1 rings (SSSR count). The lowest BCUT2D eigenvalue weighted by Gasteiger charge is -2.17. The van der Waals surface area contributed by atoms with E-state index in [2.05, 4.69) is 0 Å². The van der Waals surface area contributed by atoms with E-state index in [0.29, 0.717) is 13.1 Å². The van der Waals surface area contributed by atoms with Gasteiger partial charge < -0.3 is 14.7 Å². The maximum Gasteiger partial charge on any atom is 0.383 e. The van der Waals surface area contributed by atoms with Crippen molar-refractivity contribution in [3.05, 3.63) is 5.44 Å². The number of hydrogen-bond acceptors (Lipinski definition) is 3. The van der Waals surface area contributed by atoms with Crippen LogP contribution in [0.15, 0.2) is 5.44 Å². The van der Waals surface area contributed by atoms with Gasteiger partial charge >= 0.3 is 7.60 Å². The molecule has 0 aromatic rings. The smallest absolute Gasteiger partial charge is 0.356 e. The summed E-state index contributed by atoms with van der Waals surface area (Å²) in [5, 5.41) is 0. The summed E-state index contributed by atoms with van der Waals surface area (Å²) in [5.74, 6) is 1.31. The maximum atomic E-state index is 10.7. The van der Waals surface area contributed by atoms with Crippen molar-refractivity contribution in [3.8, 4) is 0 Å². The second-order valence-electron chi connectivity index (χ2n) is 2.66. The Hall–Kier alpha value is -0.600. The molecule has 0 unspecified atom stereocenters. The molecule has 1 saturated heterocycles. The fourth-order valence-corrected chi connectivity index (χ4v) is 1.92. The van der Waals surface area contributed by atoms with Crippen LogP contribution in [0.25, 0.3) is 0 Å². The predicted molar refractivity (Wildman–Crippen MR) is 42.1 cm³/mol. The third-order valence-corrected chi connectivity index (χ3v) is 2.70. The second kappa shape index (κ2) is 3.42. The highest BCUT2D eigenvalue weighted by atomic mass is 31.2. The molecule has 0 amide bonds. The van der Waals surface area contributed by atoms with Gasteiger partial charge in [0.05, 0.1) is 0 Å². The zero-order chi connectivity index (χ0) is 9.19. The summed E-state index contributed by atoms with van der Waals surface area (Å²) in [4.78, 5) is 29.1. The predicted octanol–water partition coefficient (Wildman–Crippen LogP) is -0.0671. The number of carbonyl (C=O) groups excluding carboxylic acids is 1. The molecule has 0 aromatic heterocycles. The lowest BCUT2D eigenvalue weighted by Crippen LogP contribution is -2.19. The summed E-state index contributed by atoms with van der Waals surface area (Å²) >= 11 is 0. The molecular weight excluding hydrogens is 181 g/mol. The number of likely N-dealkylation sites (tertiary alicyclic amines) is 1. The van der Waals surface area contributed by atoms with Crippen molar-refractivity contribution in [3.63, 3.8) is 0 Å². The van der Waals surface area contributed by atoms with E-state index in [9.17, 15) is 9.36 Å². The number of rotatable bonds is 2. The molecule has 12 heavy (non-hydrogen) atoms. The lowest BCUT2D eigenvalue weighted by molar-refractivity contribution is 0.350. The summed E-state index contributed by atoms with van der Waals surface area (Å²) in [6.45, 7) is 1.07. The van der Waals surface area contributed by atoms with Gasteiger partial charge in [0.15, 0.2) is 5.94 Å². The zero-order valence-corrected chi connectivity index (χ0v) is 7.33. The van der Waals surface area contributed by atoms with Crippen LogP contribution in [0.4, 0.5) is 0 Å². The normalized spacial score (nSPS) is 17.7. The molecule has 0 atom stereocenters. The van der Waals surface area contributed by atoms with Gasteiger partial charge in [-0.15, -0.1) is 0 Å². The number of hydrogen-bond donors (Lipinski definition) is 2. The molecule has 0 aliphatic carbocycles. The van der Waals surface area contributed by atoms with Crippen LogP contribution < -0.4 is 0 Å². The van der Waals surface area contributed by atoms with Crippen LogP contribution in [0.5, 0.6) is 0 Å². The minimum absolute atomic E-state index is 0.500. The first-order valence-corrected chi connectivity index (χ1v) is 5.23. The summed E-state index contributed by atoms with van der Waals surface area (Å²) in [7, 11) is -4.41. The molecule has 0 saturated carbocycles. The van der Waals surface area contributed by atoms with Gasteiger partial charge in [0, 0.05) is 13.1 Å². The van der Waals surface area contributed by atoms with Crippen LogP contribution in [0.1, 0.15) is 12.8 Å². The summed E-state index contributed by atoms with van der Waals surface area (Å²) in [5.41, 5.74) is -0.500. The van der Waals surface area contributed by atoms with E-state index in [4.69, 9.17) is 9.79 Å². The fourth-order valence-electron chi connectivity index (χ4n) is 1.24. The molecule has 0 radical (unpaired) electrons. The van der Waals surface area contributed by atoms with E-state index in [-0.39, 0.29) is 0 Å². The van der Waals surface area contributed by atoms with Gasteiger partial charge in [-0.05, 0) is 12.8 Å². The van der Waals surface area contributed by atoms with Crippen molar-refractivity contribution in [1.29, 1.82) is 0 Å². The maximum absolute atomic E-state index is 10.7. The van der Waals surface area contributed by atoms with Crippen LogP contribution in [-0.4, -0.2) is 33.7 Å². The third-order valence-electron chi connectivity index (χ3n) is 1.77. The number of nitrogens with zero attached hydrogens (tertiary/aromatic N) is 1. The SMILES string of the molecule is O=C=C(N1CCCC1)P(=O)(O)O. The first-order valence-electron chi connectivity index (χ1n) is 3.62. The Labute approximate surface area is 69.8 Å². The Morgan fingerprint density at radius 3 is 2.17 bits per heavy atom. The minimum Gasteiger partial charge on any atom is -0.356 e. The van der Waals surface area contributed by atoms with Gasteiger partial charge in [-0.1, -0.05) is 0 Å². The van der Waals surface area contributed by atoms with Gasteiger partial charge in [-0.25, -0.2) is 4.79 Å². The molecule has 1 fully saturated rings. The van der Waals surface area contributed by atoms with E-state index < -0.39 is 13.0 Å². The van der Waals surface area contributed by atoms with Crippen molar-refractivity contribution in [1.82, 2.24) is 4.90 Å². The van der Waals surface area contributed by atoms with Crippen molar-refractivity contribution < 1.29 is 19.1 Å². The second-order valence-corrected chi connectivity index (χ2v) is 4.18. The monoisotopic (exact) mass is 191 g/mol. The molecule has 0 aromatic carbocycles.